The Bertz CT molecular complexity index is 336. The summed E-state index contributed by atoms with van der Waals surface area (Å²) in [5.41, 5.74) is 5.48. The predicted octanol–water partition coefficient (Wildman–Crippen LogP) is 1.52. The van der Waals surface area contributed by atoms with Gasteiger partial charge in [0.25, 0.3) is 0 Å². The van der Waals surface area contributed by atoms with Crippen molar-refractivity contribution in [2.75, 3.05) is 13.2 Å². The van der Waals surface area contributed by atoms with Crippen LogP contribution in [0.1, 0.15) is 24.9 Å². The lowest BCUT2D eigenvalue weighted by molar-refractivity contribution is -0.174. The van der Waals surface area contributed by atoms with Crippen LogP contribution >= 0.6 is 0 Å². The Kier molecular flexibility index (Phi) is 2.82. The third kappa shape index (κ3) is 2.07. The minimum Gasteiger partial charge on any atom is -0.461 e. The molecule has 15 heavy (non-hydrogen) atoms. The lowest BCUT2D eigenvalue weighted by Gasteiger charge is -2.20. The summed E-state index contributed by atoms with van der Waals surface area (Å²) in [6, 6.07) is 3.80. The summed E-state index contributed by atoms with van der Waals surface area (Å²) in [5.74, 6) is 0.842. The van der Waals surface area contributed by atoms with Gasteiger partial charge >= 0.3 is 0 Å². The number of hydrogen-bond donors (Lipinski definition) is 1. The van der Waals surface area contributed by atoms with Crippen LogP contribution in [-0.4, -0.2) is 19.3 Å². The van der Waals surface area contributed by atoms with Gasteiger partial charge < -0.3 is 19.6 Å². The van der Waals surface area contributed by atoms with Crippen molar-refractivity contribution in [3.8, 4) is 0 Å². The van der Waals surface area contributed by atoms with Crippen LogP contribution in [0, 0.1) is 6.92 Å². The van der Waals surface area contributed by atoms with Crippen molar-refractivity contribution >= 4 is 0 Å². The Morgan fingerprint density at radius 3 is 2.93 bits per heavy atom. The van der Waals surface area contributed by atoms with Crippen LogP contribution in [-0.2, 0) is 15.3 Å². The van der Waals surface area contributed by atoms with E-state index in [4.69, 9.17) is 19.6 Å². The van der Waals surface area contributed by atoms with E-state index in [2.05, 4.69) is 0 Å². The van der Waals surface area contributed by atoms with E-state index in [0.717, 1.165) is 17.9 Å². The molecule has 0 spiro atoms. The quantitative estimate of drug-likeness (QED) is 0.823. The van der Waals surface area contributed by atoms with Gasteiger partial charge in [0.2, 0.25) is 5.79 Å². The zero-order valence-electron chi connectivity index (χ0n) is 9.16. The molecule has 0 bridgehead atoms. The second-order valence-electron chi connectivity index (χ2n) is 3.98. The van der Waals surface area contributed by atoms with E-state index < -0.39 is 5.79 Å². The number of furan rings is 1. The smallest absolute Gasteiger partial charge is 0.225 e. The lowest BCUT2D eigenvalue weighted by atomic mass is 10.2. The molecule has 2 unspecified atom stereocenters. The first kappa shape index (κ1) is 10.7. The van der Waals surface area contributed by atoms with E-state index >= 15 is 0 Å². The van der Waals surface area contributed by atoms with Crippen LogP contribution in [0.2, 0.25) is 0 Å². The highest BCUT2D eigenvalue weighted by Crippen LogP contribution is 2.35. The van der Waals surface area contributed by atoms with Crippen LogP contribution in [0.4, 0.5) is 0 Å². The van der Waals surface area contributed by atoms with Crippen LogP contribution in [0.3, 0.4) is 0 Å². The monoisotopic (exact) mass is 211 g/mol. The standard InChI is InChI=1S/C11H17NO3/c1-8-3-4-10(14-8)11(2)13-7-9(15-11)5-6-12/h3-4,9H,5-7,12H2,1-2H3. The molecule has 0 aromatic carbocycles. The van der Waals surface area contributed by atoms with Crippen molar-refractivity contribution in [1.82, 2.24) is 0 Å². The van der Waals surface area contributed by atoms with E-state index in [1.807, 2.05) is 26.0 Å². The molecule has 1 aromatic heterocycles. The Morgan fingerprint density at radius 2 is 2.33 bits per heavy atom. The fraction of sp³-hybridized carbons (Fsp3) is 0.636. The molecular formula is C11H17NO3. The number of rotatable bonds is 3. The maximum atomic E-state index is 5.79. The molecule has 2 rings (SSSR count). The van der Waals surface area contributed by atoms with Gasteiger partial charge in [-0.15, -0.1) is 0 Å². The molecule has 0 amide bonds. The maximum Gasteiger partial charge on any atom is 0.225 e. The largest absolute Gasteiger partial charge is 0.461 e. The average molecular weight is 211 g/mol. The zero-order chi connectivity index (χ0) is 10.9. The van der Waals surface area contributed by atoms with Gasteiger partial charge in [0, 0.05) is 0 Å². The molecule has 4 nitrogen and oxygen atoms in total. The van der Waals surface area contributed by atoms with E-state index in [1.54, 1.807) is 0 Å². The minimum atomic E-state index is -0.742. The molecule has 1 aromatic rings. The maximum absolute atomic E-state index is 5.79. The van der Waals surface area contributed by atoms with Crippen molar-refractivity contribution in [2.24, 2.45) is 5.73 Å². The topological polar surface area (TPSA) is 57.6 Å². The fourth-order valence-electron chi connectivity index (χ4n) is 1.77. The van der Waals surface area contributed by atoms with Gasteiger partial charge in [0.05, 0.1) is 12.7 Å². The summed E-state index contributed by atoms with van der Waals surface area (Å²) in [6.07, 6.45) is 0.889. The third-order valence-electron chi connectivity index (χ3n) is 2.61. The molecule has 1 fully saturated rings. The highest BCUT2D eigenvalue weighted by molar-refractivity contribution is 5.11. The number of hydrogen-bond acceptors (Lipinski definition) is 4. The molecule has 0 radical (unpaired) electrons. The van der Waals surface area contributed by atoms with Crippen molar-refractivity contribution < 1.29 is 13.9 Å². The molecule has 2 N–H and O–H groups in total. The van der Waals surface area contributed by atoms with Gasteiger partial charge in [-0.1, -0.05) is 0 Å². The van der Waals surface area contributed by atoms with Crippen molar-refractivity contribution in [2.45, 2.75) is 32.2 Å². The second-order valence-corrected chi connectivity index (χ2v) is 3.98. The van der Waals surface area contributed by atoms with Crippen LogP contribution in [0.25, 0.3) is 0 Å². The van der Waals surface area contributed by atoms with E-state index in [0.29, 0.717) is 13.2 Å². The summed E-state index contributed by atoms with van der Waals surface area (Å²) < 4.78 is 16.9. The van der Waals surface area contributed by atoms with Gasteiger partial charge in [0.1, 0.15) is 5.76 Å². The Balaban J connectivity index is 2.09. The Morgan fingerprint density at radius 1 is 1.53 bits per heavy atom. The molecule has 4 heteroatoms. The Labute approximate surface area is 89.3 Å². The number of aryl methyl sites for hydroxylation is 1. The molecule has 0 saturated carbocycles. The van der Waals surface area contributed by atoms with Gasteiger partial charge in [0.15, 0.2) is 5.76 Å². The van der Waals surface area contributed by atoms with Crippen molar-refractivity contribution in [1.29, 1.82) is 0 Å². The molecule has 2 atom stereocenters. The van der Waals surface area contributed by atoms with Gasteiger partial charge in [-0.05, 0) is 38.9 Å². The summed E-state index contributed by atoms with van der Waals surface area (Å²) >= 11 is 0. The molecule has 2 heterocycles. The predicted molar refractivity (Wildman–Crippen MR) is 55.3 cm³/mol. The molecule has 1 aliphatic rings. The summed E-state index contributed by atoms with van der Waals surface area (Å²) in [6.45, 7) is 4.97. The first-order valence-corrected chi connectivity index (χ1v) is 5.23. The SMILES string of the molecule is Cc1ccc(C2(C)OCC(CCN)O2)o1. The van der Waals surface area contributed by atoms with Crippen LogP contribution in [0.5, 0.6) is 0 Å². The van der Waals surface area contributed by atoms with Crippen LogP contribution in [0.15, 0.2) is 16.5 Å². The van der Waals surface area contributed by atoms with Gasteiger partial charge in [-0.3, -0.25) is 0 Å². The van der Waals surface area contributed by atoms with E-state index in [-0.39, 0.29) is 6.10 Å². The summed E-state index contributed by atoms with van der Waals surface area (Å²) in [7, 11) is 0. The van der Waals surface area contributed by atoms with Crippen LogP contribution < -0.4 is 5.73 Å². The average Bonchev–Trinajstić information content (AvgIpc) is 2.75. The Hall–Kier alpha value is -0.840. The zero-order valence-corrected chi connectivity index (χ0v) is 9.16. The molecule has 1 saturated heterocycles. The fourth-order valence-corrected chi connectivity index (χ4v) is 1.77. The van der Waals surface area contributed by atoms with Crippen molar-refractivity contribution in [3.63, 3.8) is 0 Å². The first-order valence-electron chi connectivity index (χ1n) is 5.23. The number of nitrogens with two attached hydrogens (primary N) is 1. The van der Waals surface area contributed by atoms with E-state index in [9.17, 15) is 0 Å². The molecule has 1 aliphatic heterocycles. The molecular weight excluding hydrogens is 194 g/mol. The summed E-state index contributed by atoms with van der Waals surface area (Å²) in [4.78, 5) is 0. The van der Waals surface area contributed by atoms with Gasteiger partial charge in [-0.2, -0.15) is 0 Å². The molecule has 84 valence electrons. The highest BCUT2D eigenvalue weighted by atomic mass is 16.8. The minimum absolute atomic E-state index is 0.0745. The first-order chi connectivity index (χ1) is 7.14. The van der Waals surface area contributed by atoms with Crippen molar-refractivity contribution in [3.05, 3.63) is 23.7 Å². The third-order valence-corrected chi connectivity index (χ3v) is 2.61. The molecule has 0 aliphatic carbocycles. The normalized spacial score (nSPS) is 31.0. The lowest BCUT2D eigenvalue weighted by Crippen LogP contribution is -2.24. The second kappa shape index (κ2) is 3.96. The summed E-state index contributed by atoms with van der Waals surface area (Å²) in [5, 5.41) is 0. The number of ether oxygens (including phenoxy) is 2. The van der Waals surface area contributed by atoms with Gasteiger partial charge in [-0.25, -0.2) is 0 Å². The van der Waals surface area contributed by atoms with E-state index in [1.165, 1.54) is 0 Å². The highest BCUT2D eigenvalue weighted by Gasteiger charge is 2.40.